The minimum atomic E-state index is -4.58. The molecule has 1 amide bonds. The third kappa shape index (κ3) is 5.62. The molecule has 37 heavy (non-hydrogen) atoms. The number of carbonyl (C=O) groups excluding carboxylic acids is 1. The topological polar surface area (TPSA) is 84.9 Å². The van der Waals surface area contributed by atoms with Crippen molar-refractivity contribution in [2.75, 3.05) is 13.2 Å². The SMILES string of the molecule is O=C(NCCc1ccc(Cl)cc1C(F)(F)F)c1ccc(OC2(C(=O)O)CCOc3ccccc32)c(Cl)c1. The summed E-state index contributed by atoms with van der Waals surface area (Å²) in [5.74, 6) is -1.35. The van der Waals surface area contributed by atoms with Crippen LogP contribution in [0.25, 0.3) is 0 Å². The van der Waals surface area contributed by atoms with Crippen molar-refractivity contribution in [3.05, 3.63) is 93.0 Å². The van der Waals surface area contributed by atoms with E-state index in [0.717, 1.165) is 6.07 Å². The van der Waals surface area contributed by atoms with Gasteiger partial charge in [0.2, 0.25) is 5.60 Å². The van der Waals surface area contributed by atoms with Crippen LogP contribution in [0.1, 0.15) is 33.5 Å². The van der Waals surface area contributed by atoms with Crippen molar-refractivity contribution < 1.29 is 37.3 Å². The van der Waals surface area contributed by atoms with E-state index >= 15 is 0 Å². The van der Waals surface area contributed by atoms with Gasteiger partial charge in [0.15, 0.2) is 0 Å². The average molecular weight is 554 g/mol. The van der Waals surface area contributed by atoms with Crippen LogP contribution in [0.15, 0.2) is 60.7 Å². The predicted octanol–water partition coefficient (Wildman–Crippen LogP) is 6.13. The van der Waals surface area contributed by atoms with Crippen LogP contribution in [0.3, 0.4) is 0 Å². The van der Waals surface area contributed by atoms with Gasteiger partial charge in [-0.15, -0.1) is 0 Å². The van der Waals surface area contributed by atoms with Gasteiger partial charge in [0.25, 0.3) is 5.91 Å². The van der Waals surface area contributed by atoms with Gasteiger partial charge in [-0.3, -0.25) is 4.79 Å². The van der Waals surface area contributed by atoms with Crippen molar-refractivity contribution in [2.45, 2.75) is 24.6 Å². The number of nitrogens with one attached hydrogen (secondary N) is 1. The van der Waals surface area contributed by atoms with Gasteiger partial charge in [0.1, 0.15) is 11.5 Å². The maximum absolute atomic E-state index is 13.3. The first-order chi connectivity index (χ1) is 17.5. The number of fused-ring (bicyclic) bond motifs is 1. The quantitative estimate of drug-likeness (QED) is 0.368. The van der Waals surface area contributed by atoms with Crippen molar-refractivity contribution in [1.29, 1.82) is 0 Å². The summed E-state index contributed by atoms with van der Waals surface area (Å²) in [4.78, 5) is 24.9. The molecule has 0 spiro atoms. The Hall–Kier alpha value is -3.43. The third-order valence-corrected chi connectivity index (χ3v) is 6.45. The molecule has 3 aromatic rings. The lowest BCUT2D eigenvalue weighted by molar-refractivity contribution is -0.159. The molecule has 0 saturated heterocycles. The van der Waals surface area contributed by atoms with Crippen molar-refractivity contribution in [2.24, 2.45) is 0 Å². The number of halogens is 5. The molecule has 1 atom stereocenters. The molecule has 1 heterocycles. The number of carboxylic acid groups (broad SMARTS) is 1. The number of hydrogen-bond donors (Lipinski definition) is 2. The van der Waals surface area contributed by atoms with E-state index in [0.29, 0.717) is 11.3 Å². The fourth-order valence-electron chi connectivity index (χ4n) is 4.09. The zero-order chi connectivity index (χ0) is 26.8. The summed E-state index contributed by atoms with van der Waals surface area (Å²) in [6.45, 7) is 0.0451. The summed E-state index contributed by atoms with van der Waals surface area (Å²) in [5.41, 5.74) is -2.14. The van der Waals surface area contributed by atoms with Crippen LogP contribution >= 0.6 is 23.2 Å². The van der Waals surface area contributed by atoms with Crippen LogP contribution in [0.2, 0.25) is 10.0 Å². The van der Waals surface area contributed by atoms with Gasteiger partial charge in [-0.25, -0.2) is 4.79 Å². The van der Waals surface area contributed by atoms with Crippen molar-refractivity contribution >= 4 is 35.1 Å². The van der Waals surface area contributed by atoms with Crippen molar-refractivity contribution in [3.63, 3.8) is 0 Å². The summed E-state index contributed by atoms with van der Waals surface area (Å²) in [6, 6.07) is 14.2. The van der Waals surface area contributed by atoms with E-state index in [9.17, 15) is 27.9 Å². The molecule has 194 valence electrons. The Labute approximate surface area is 219 Å². The average Bonchev–Trinajstić information content (AvgIpc) is 2.85. The molecule has 0 radical (unpaired) electrons. The molecule has 1 aliphatic heterocycles. The molecule has 0 aliphatic carbocycles. The molecule has 0 fully saturated rings. The monoisotopic (exact) mass is 553 g/mol. The highest BCUT2D eigenvalue weighted by Crippen LogP contribution is 2.42. The Balaban J connectivity index is 1.47. The van der Waals surface area contributed by atoms with Crippen LogP contribution < -0.4 is 14.8 Å². The van der Waals surface area contributed by atoms with Gasteiger partial charge < -0.3 is 19.9 Å². The number of carboxylic acids is 1. The fourth-order valence-corrected chi connectivity index (χ4v) is 4.48. The maximum atomic E-state index is 13.3. The Kier molecular flexibility index (Phi) is 7.57. The first kappa shape index (κ1) is 26.6. The number of carbonyl (C=O) groups is 2. The Bertz CT molecular complexity index is 1350. The predicted molar refractivity (Wildman–Crippen MR) is 130 cm³/mol. The lowest BCUT2D eigenvalue weighted by Crippen LogP contribution is -2.45. The highest BCUT2D eigenvalue weighted by Gasteiger charge is 2.47. The minimum absolute atomic E-state index is 0.00492. The molecule has 6 nitrogen and oxygen atoms in total. The minimum Gasteiger partial charge on any atom is -0.493 e. The van der Waals surface area contributed by atoms with Crippen molar-refractivity contribution in [1.82, 2.24) is 5.32 Å². The molecule has 3 aromatic carbocycles. The first-order valence-corrected chi connectivity index (χ1v) is 11.8. The number of ether oxygens (including phenoxy) is 2. The second-order valence-corrected chi connectivity index (χ2v) is 9.12. The van der Waals surface area contributed by atoms with Crippen LogP contribution in [-0.2, 0) is 23.0 Å². The van der Waals surface area contributed by atoms with Crippen molar-refractivity contribution in [3.8, 4) is 11.5 Å². The molecule has 0 aromatic heterocycles. The van der Waals surface area contributed by atoms with Gasteiger partial charge in [0, 0.05) is 29.1 Å². The van der Waals surface area contributed by atoms with Crippen LogP contribution in [0, 0.1) is 0 Å². The fraction of sp³-hybridized carbons (Fsp3) is 0.231. The van der Waals surface area contributed by atoms with Gasteiger partial charge >= 0.3 is 12.1 Å². The zero-order valence-corrected chi connectivity index (χ0v) is 20.6. The molecule has 1 aliphatic rings. The maximum Gasteiger partial charge on any atom is 0.416 e. The molecule has 4 rings (SSSR count). The third-order valence-electron chi connectivity index (χ3n) is 5.91. The standard InChI is InChI=1S/C26H20Cl2F3NO5/c27-17-7-5-15(19(14-17)26(29,30)31)9-11-32-23(33)16-6-8-22(20(28)13-16)37-25(24(34)35)10-12-36-21-4-2-1-3-18(21)25/h1-8,13-14H,9-12H2,(H,32,33)(H,34,35). The van der Waals surface area contributed by atoms with E-state index in [1.807, 2.05) is 0 Å². The lowest BCUT2D eigenvalue weighted by Gasteiger charge is -2.35. The Morgan fingerprint density at radius 3 is 2.54 bits per heavy atom. The van der Waals surface area contributed by atoms with Crippen LogP contribution in [0.5, 0.6) is 11.5 Å². The Morgan fingerprint density at radius 2 is 1.84 bits per heavy atom. The zero-order valence-electron chi connectivity index (χ0n) is 19.1. The Morgan fingerprint density at radius 1 is 1.08 bits per heavy atom. The van der Waals surface area contributed by atoms with Gasteiger partial charge in [-0.1, -0.05) is 47.5 Å². The van der Waals surface area contributed by atoms with Crippen LogP contribution in [0.4, 0.5) is 13.2 Å². The largest absolute Gasteiger partial charge is 0.493 e. The highest BCUT2D eigenvalue weighted by atomic mass is 35.5. The van der Waals surface area contributed by atoms with E-state index < -0.39 is 29.2 Å². The summed E-state index contributed by atoms with van der Waals surface area (Å²) >= 11 is 12.0. The second-order valence-electron chi connectivity index (χ2n) is 8.28. The number of hydrogen-bond acceptors (Lipinski definition) is 4. The molecule has 11 heteroatoms. The van der Waals surface area contributed by atoms with E-state index in [-0.39, 0.29) is 52.9 Å². The van der Waals surface area contributed by atoms with E-state index in [1.54, 1.807) is 24.3 Å². The number of rotatable bonds is 7. The molecular weight excluding hydrogens is 534 g/mol. The summed E-state index contributed by atoms with van der Waals surface area (Å²) in [7, 11) is 0. The summed E-state index contributed by atoms with van der Waals surface area (Å²) < 4.78 is 51.3. The van der Waals surface area contributed by atoms with Gasteiger partial charge in [-0.2, -0.15) is 13.2 Å². The van der Waals surface area contributed by atoms with Gasteiger partial charge in [0.05, 0.1) is 17.2 Å². The van der Waals surface area contributed by atoms with E-state index in [2.05, 4.69) is 5.32 Å². The molecule has 0 bridgehead atoms. The molecule has 2 N–H and O–H groups in total. The van der Waals surface area contributed by atoms with Crippen LogP contribution in [-0.4, -0.2) is 30.1 Å². The lowest BCUT2D eigenvalue weighted by atomic mass is 9.87. The van der Waals surface area contributed by atoms with Gasteiger partial charge in [-0.05, 0) is 48.4 Å². The number of aliphatic carboxylic acids is 1. The highest BCUT2D eigenvalue weighted by molar-refractivity contribution is 6.32. The normalized spacial score (nSPS) is 16.9. The summed E-state index contributed by atoms with van der Waals surface area (Å²) in [6.07, 6.45) is -4.62. The summed E-state index contributed by atoms with van der Waals surface area (Å²) in [5, 5.41) is 12.6. The second kappa shape index (κ2) is 10.5. The number of para-hydroxylation sites is 1. The smallest absolute Gasteiger partial charge is 0.416 e. The molecule has 1 unspecified atom stereocenters. The molecular formula is C26H20Cl2F3NO5. The number of amides is 1. The molecule has 0 saturated carbocycles. The number of benzene rings is 3. The van der Waals surface area contributed by atoms with E-state index in [4.69, 9.17) is 32.7 Å². The van der Waals surface area contributed by atoms with E-state index in [1.165, 1.54) is 30.3 Å². The first-order valence-electron chi connectivity index (χ1n) is 11.1. The number of alkyl halides is 3.